The Bertz CT molecular complexity index is 295. The van der Waals surface area contributed by atoms with Gasteiger partial charge in [0.2, 0.25) is 11.8 Å². The van der Waals surface area contributed by atoms with Crippen molar-refractivity contribution in [1.29, 1.82) is 0 Å². The average molecular weight is 257 g/mol. The lowest BCUT2D eigenvalue weighted by Gasteiger charge is -2.30. The number of hydrogen-bond donors (Lipinski definition) is 1. The van der Waals surface area contributed by atoms with E-state index in [0.29, 0.717) is 6.54 Å². The van der Waals surface area contributed by atoms with E-state index in [2.05, 4.69) is 5.32 Å². The predicted molar refractivity (Wildman–Crippen MR) is 73.3 cm³/mol. The Morgan fingerprint density at radius 3 is 2.06 bits per heavy atom. The summed E-state index contributed by atoms with van der Waals surface area (Å²) in [5.74, 6) is -0.144. The molecule has 0 radical (unpaired) electrons. The molecule has 18 heavy (non-hydrogen) atoms. The summed E-state index contributed by atoms with van der Waals surface area (Å²) in [5.41, 5.74) is -0.465. The van der Waals surface area contributed by atoms with Crippen LogP contribution in [0.3, 0.4) is 0 Å². The Balaban J connectivity index is 4.33. The lowest BCUT2D eigenvalue weighted by molar-refractivity contribution is -0.144. The van der Waals surface area contributed by atoms with Crippen molar-refractivity contribution in [3.05, 3.63) is 0 Å². The Labute approximate surface area is 111 Å². The van der Waals surface area contributed by atoms with Crippen LogP contribution >= 0.6 is 0 Å². The number of amides is 2. The van der Waals surface area contributed by atoms with E-state index in [1.165, 1.54) is 4.90 Å². The van der Waals surface area contributed by atoms with Gasteiger partial charge in [0.05, 0.1) is 0 Å². The summed E-state index contributed by atoms with van der Waals surface area (Å²) in [6.07, 6.45) is 0. The SMILES string of the molecule is CC(C(=O)NCCN(C)C)N(C)C(=O)C(C)(C)C. The zero-order chi connectivity index (χ0) is 14.5. The van der Waals surface area contributed by atoms with Gasteiger partial charge in [0.15, 0.2) is 0 Å². The predicted octanol–water partition coefficient (Wildman–Crippen LogP) is 0.557. The molecule has 0 aliphatic rings. The molecule has 0 saturated carbocycles. The van der Waals surface area contributed by atoms with Crippen molar-refractivity contribution in [3.63, 3.8) is 0 Å². The smallest absolute Gasteiger partial charge is 0.242 e. The fourth-order valence-electron chi connectivity index (χ4n) is 1.43. The quantitative estimate of drug-likeness (QED) is 0.783. The Morgan fingerprint density at radius 2 is 1.67 bits per heavy atom. The van der Waals surface area contributed by atoms with Gasteiger partial charge in [-0.1, -0.05) is 20.8 Å². The molecule has 1 N–H and O–H groups in total. The number of nitrogens with one attached hydrogen (secondary N) is 1. The second-order valence-electron chi connectivity index (χ2n) is 5.94. The van der Waals surface area contributed by atoms with Crippen molar-refractivity contribution in [2.75, 3.05) is 34.2 Å². The molecule has 0 bridgehead atoms. The molecule has 0 aromatic rings. The summed E-state index contributed by atoms with van der Waals surface area (Å²) in [6.45, 7) is 8.67. The molecule has 5 heteroatoms. The molecule has 0 fully saturated rings. The van der Waals surface area contributed by atoms with Gasteiger partial charge in [-0.15, -0.1) is 0 Å². The van der Waals surface area contributed by atoms with Crippen LogP contribution in [0.2, 0.25) is 0 Å². The molecule has 2 amide bonds. The molecule has 0 rings (SSSR count). The minimum atomic E-state index is -0.465. The van der Waals surface area contributed by atoms with Crippen LogP contribution in [-0.4, -0.2) is 61.9 Å². The van der Waals surface area contributed by atoms with Crippen molar-refractivity contribution >= 4 is 11.8 Å². The van der Waals surface area contributed by atoms with Crippen molar-refractivity contribution in [1.82, 2.24) is 15.1 Å². The van der Waals surface area contributed by atoms with Gasteiger partial charge in [-0.25, -0.2) is 0 Å². The summed E-state index contributed by atoms with van der Waals surface area (Å²) in [7, 11) is 5.57. The first-order chi connectivity index (χ1) is 8.07. The van der Waals surface area contributed by atoms with Crippen LogP contribution in [0.5, 0.6) is 0 Å². The molecule has 0 aliphatic heterocycles. The van der Waals surface area contributed by atoms with Gasteiger partial charge in [-0.2, -0.15) is 0 Å². The van der Waals surface area contributed by atoms with E-state index in [9.17, 15) is 9.59 Å². The van der Waals surface area contributed by atoms with Gasteiger partial charge in [-0.3, -0.25) is 9.59 Å². The minimum absolute atomic E-state index is 0.0299. The molecule has 5 nitrogen and oxygen atoms in total. The van der Waals surface area contributed by atoms with Crippen LogP contribution in [0.25, 0.3) is 0 Å². The van der Waals surface area contributed by atoms with Crippen LogP contribution in [0.15, 0.2) is 0 Å². The zero-order valence-electron chi connectivity index (χ0n) is 12.7. The standard InChI is InChI=1S/C13H27N3O2/c1-10(11(17)14-8-9-15(5)6)16(7)12(18)13(2,3)4/h10H,8-9H2,1-7H3,(H,14,17). The minimum Gasteiger partial charge on any atom is -0.353 e. The van der Waals surface area contributed by atoms with Crippen LogP contribution in [0, 0.1) is 5.41 Å². The fraction of sp³-hybridized carbons (Fsp3) is 0.846. The number of hydrogen-bond acceptors (Lipinski definition) is 3. The second-order valence-corrected chi connectivity index (χ2v) is 5.94. The van der Waals surface area contributed by atoms with Gasteiger partial charge in [0, 0.05) is 25.6 Å². The molecular formula is C13H27N3O2. The highest BCUT2D eigenvalue weighted by Crippen LogP contribution is 2.17. The monoisotopic (exact) mass is 257 g/mol. The molecule has 0 aliphatic carbocycles. The Hall–Kier alpha value is -1.10. The third kappa shape index (κ3) is 5.49. The van der Waals surface area contributed by atoms with Crippen LogP contribution in [0.4, 0.5) is 0 Å². The van der Waals surface area contributed by atoms with E-state index in [0.717, 1.165) is 6.54 Å². The molecule has 1 atom stereocenters. The number of carbonyl (C=O) groups excluding carboxylic acids is 2. The summed E-state index contributed by atoms with van der Waals surface area (Å²) < 4.78 is 0. The summed E-state index contributed by atoms with van der Waals surface area (Å²) >= 11 is 0. The first-order valence-corrected chi connectivity index (χ1v) is 6.27. The van der Waals surface area contributed by atoms with Gasteiger partial charge in [0.1, 0.15) is 6.04 Å². The normalized spacial score (nSPS) is 13.3. The molecule has 0 aromatic carbocycles. The van der Waals surface area contributed by atoms with Crippen LogP contribution in [0.1, 0.15) is 27.7 Å². The molecule has 1 unspecified atom stereocenters. The lowest BCUT2D eigenvalue weighted by atomic mass is 9.94. The first kappa shape index (κ1) is 16.9. The van der Waals surface area contributed by atoms with E-state index in [4.69, 9.17) is 0 Å². The molecule has 0 spiro atoms. The maximum absolute atomic E-state index is 12.0. The highest BCUT2D eigenvalue weighted by molar-refractivity contribution is 5.89. The molecular weight excluding hydrogens is 230 g/mol. The number of rotatable bonds is 5. The maximum Gasteiger partial charge on any atom is 0.242 e. The summed E-state index contributed by atoms with van der Waals surface area (Å²) in [5, 5.41) is 2.83. The molecule has 0 aromatic heterocycles. The van der Waals surface area contributed by atoms with Crippen LogP contribution in [-0.2, 0) is 9.59 Å². The zero-order valence-corrected chi connectivity index (χ0v) is 12.7. The van der Waals surface area contributed by atoms with Crippen molar-refractivity contribution in [2.24, 2.45) is 5.41 Å². The number of likely N-dealkylation sites (N-methyl/N-ethyl adjacent to an activating group) is 2. The first-order valence-electron chi connectivity index (χ1n) is 6.27. The topological polar surface area (TPSA) is 52.7 Å². The lowest BCUT2D eigenvalue weighted by Crippen LogP contribution is -2.50. The summed E-state index contributed by atoms with van der Waals surface area (Å²) in [6, 6.07) is -0.445. The highest BCUT2D eigenvalue weighted by atomic mass is 16.2. The maximum atomic E-state index is 12.0. The van der Waals surface area contributed by atoms with Crippen LogP contribution < -0.4 is 5.32 Å². The molecule has 106 valence electrons. The van der Waals surface area contributed by atoms with E-state index in [1.54, 1.807) is 14.0 Å². The fourth-order valence-corrected chi connectivity index (χ4v) is 1.43. The van der Waals surface area contributed by atoms with Gasteiger partial charge in [0.25, 0.3) is 0 Å². The average Bonchev–Trinajstić information content (AvgIpc) is 2.24. The van der Waals surface area contributed by atoms with Gasteiger partial charge in [-0.05, 0) is 21.0 Å². The molecule has 0 heterocycles. The Morgan fingerprint density at radius 1 is 1.17 bits per heavy atom. The van der Waals surface area contributed by atoms with E-state index in [-0.39, 0.29) is 11.8 Å². The third-order valence-electron chi connectivity index (χ3n) is 2.78. The number of nitrogens with zero attached hydrogens (tertiary/aromatic N) is 2. The Kier molecular flexibility index (Phi) is 6.32. The van der Waals surface area contributed by atoms with Crippen molar-refractivity contribution in [3.8, 4) is 0 Å². The largest absolute Gasteiger partial charge is 0.353 e. The van der Waals surface area contributed by atoms with E-state index < -0.39 is 11.5 Å². The van der Waals surface area contributed by atoms with Gasteiger partial charge >= 0.3 is 0 Å². The van der Waals surface area contributed by atoms with Crippen molar-refractivity contribution < 1.29 is 9.59 Å². The highest BCUT2D eigenvalue weighted by Gasteiger charge is 2.30. The van der Waals surface area contributed by atoms with E-state index >= 15 is 0 Å². The third-order valence-corrected chi connectivity index (χ3v) is 2.78. The number of carbonyl (C=O) groups is 2. The van der Waals surface area contributed by atoms with E-state index in [1.807, 2.05) is 39.8 Å². The van der Waals surface area contributed by atoms with Gasteiger partial charge < -0.3 is 15.1 Å². The molecule has 0 saturated heterocycles. The second kappa shape index (κ2) is 6.73. The summed E-state index contributed by atoms with van der Waals surface area (Å²) in [4.78, 5) is 27.4. The van der Waals surface area contributed by atoms with Crippen molar-refractivity contribution in [2.45, 2.75) is 33.7 Å².